The summed E-state index contributed by atoms with van der Waals surface area (Å²) in [5.41, 5.74) is 5.69. The number of hydrogen-bond acceptors (Lipinski definition) is 0. The summed E-state index contributed by atoms with van der Waals surface area (Å²) in [6.07, 6.45) is 15.3. The number of rotatable bonds is 5. The van der Waals surface area contributed by atoms with Crippen molar-refractivity contribution in [2.75, 3.05) is 0 Å². The second-order valence-electron chi connectivity index (χ2n) is 9.38. The molecule has 0 heteroatoms. The van der Waals surface area contributed by atoms with Crippen LogP contribution >= 0.6 is 0 Å². The zero-order valence-corrected chi connectivity index (χ0v) is 17.7. The third-order valence-corrected chi connectivity index (χ3v) is 7.38. The summed E-state index contributed by atoms with van der Waals surface area (Å²) in [5, 5.41) is 0. The number of benzene rings is 2. The highest BCUT2D eigenvalue weighted by Crippen LogP contribution is 2.47. The molecule has 2 fully saturated rings. The van der Waals surface area contributed by atoms with E-state index in [1.54, 1.807) is 5.56 Å². The van der Waals surface area contributed by atoms with Gasteiger partial charge in [0.1, 0.15) is 0 Å². The first-order chi connectivity index (χ1) is 13.7. The van der Waals surface area contributed by atoms with E-state index in [0.717, 1.165) is 36.5 Å². The van der Waals surface area contributed by atoms with Gasteiger partial charge in [-0.05, 0) is 97.8 Å². The first-order valence-corrected chi connectivity index (χ1v) is 11.5. The Balaban J connectivity index is 1.39. The monoisotopic (exact) mass is 372 g/mol. The van der Waals surface area contributed by atoms with Gasteiger partial charge in [-0.15, -0.1) is 0 Å². The standard InChI is InChI=1S/C28H36/c1-3-4-5-6-22-8-11-23(12-9-22)24-13-15-25(16-14-24)27-18-17-26-19-21(2)7-10-28(26)20-27/h3-4,8-9,11-16,21,26-28H,5-7,10,17-20H2,1-2H3. The summed E-state index contributed by atoms with van der Waals surface area (Å²) in [6, 6.07) is 18.7. The van der Waals surface area contributed by atoms with Gasteiger partial charge in [-0.1, -0.05) is 74.0 Å². The lowest BCUT2D eigenvalue weighted by Crippen LogP contribution is -2.29. The van der Waals surface area contributed by atoms with Crippen molar-refractivity contribution in [2.24, 2.45) is 17.8 Å². The van der Waals surface area contributed by atoms with Gasteiger partial charge in [-0.2, -0.15) is 0 Å². The number of fused-ring (bicyclic) bond motifs is 1. The van der Waals surface area contributed by atoms with E-state index in [2.05, 4.69) is 74.5 Å². The maximum Gasteiger partial charge on any atom is -0.0159 e. The SMILES string of the molecule is CC=CCCc1ccc(-c2ccc(C3CCC4CC(C)CCC4C3)cc2)cc1. The maximum absolute atomic E-state index is 2.45. The van der Waals surface area contributed by atoms with Gasteiger partial charge in [0.2, 0.25) is 0 Å². The van der Waals surface area contributed by atoms with E-state index in [4.69, 9.17) is 0 Å². The van der Waals surface area contributed by atoms with Crippen LogP contribution in [-0.4, -0.2) is 0 Å². The summed E-state index contributed by atoms with van der Waals surface area (Å²) >= 11 is 0. The molecule has 0 spiro atoms. The van der Waals surface area contributed by atoms with Gasteiger partial charge in [0.05, 0.1) is 0 Å². The van der Waals surface area contributed by atoms with E-state index in [1.165, 1.54) is 55.2 Å². The molecule has 2 aromatic rings. The van der Waals surface area contributed by atoms with E-state index in [1.807, 2.05) is 0 Å². The molecule has 2 aliphatic rings. The Hall–Kier alpha value is -1.82. The Kier molecular flexibility index (Phi) is 6.35. The molecular weight excluding hydrogens is 336 g/mol. The molecule has 0 saturated heterocycles. The fraction of sp³-hybridized carbons (Fsp3) is 0.500. The molecule has 0 N–H and O–H groups in total. The second-order valence-corrected chi connectivity index (χ2v) is 9.38. The molecule has 0 aliphatic heterocycles. The van der Waals surface area contributed by atoms with Crippen molar-refractivity contribution in [2.45, 2.75) is 71.1 Å². The molecule has 0 amide bonds. The van der Waals surface area contributed by atoms with Gasteiger partial charge < -0.3 is 0 Å². The lowest BCUT2D eigenvalue weighted by molar-refractivity contribution is 0.124. The minimum Gasteiger partial charge on any atom is -0.0917 e. The quantitative estimate of drug-likeness (QED) is 0.464. The fourth-order valence-electron chi connectivity index (χ4n) is 5.65. The summed E-state index contributed by atoms with van der Waals surface area (Å²) in [6.45, 7) is 4.55. The van der Waals surface area contributed by atoms with Crippen molar-refractivity contribution in [3.63, 3.8) is 0 Å². The first-order valence-electron chi connectivity index (χ1n) is 11.5. The van der Waals surface area contributed by atoms with Crippen LogP contribution in [0.3, 0.4) is 0 Å². The normalized spacial score (nSPS) is 27.6. The number of aryl methyl sites for hydroxylation is 1. The Bertz CT molecular complexity index is 765. The Morgan fingerprint density at radius 1 is 0.786 bits per heavy atom. The molecule has 148 valence electrons. The highest BCUT2D eigenvalue weighted by molar-refractivity contribution is 5.64. The van der Waals surface area contributed by atoms with Gasteiger partial charge in [-0.3, -0.25) is 0 Å². The van der Waals surface area contributed by atoms with Crippen LogP contribution in [0.4, 0.5) is 0 Å². The van der Waals surface area contributed by atoms with Crippen molar-refractivity contribution >= 4 is 0 Å². The van der Waals surface area contributed by atoms with Crippen LogP contribution in [0.25, 0.3) is 11.1 Å². The van der Waals surface area contributed by atoms with Crippen LogP contribution in [0.15, 0.2) is 60.7 Å². The highest BCUT2D eigenvalue weighted by Gasteiger charge is 2.34. The molecule has 4 rings (SSSR count). The smallest absolute Gasteiger partial charge is 0.0159 e. The average molecular weight is 373 g/mol. The molecule has 0 bridgehead atoms. The third kappa shape index (κ3) is 4.59. The van der Waals surface area contributed by atoms with Crippen LogP contribution in [0.2, 0.25) is 0 Å². The molecule has 28 heavy (non-hydrogen) atoms. The molecule has 2 aromatic carbocycles. The van der Waals surface area contributed by atoms with E-state index in [0.29, 0.717) is 0 Å². The van der Waals surface area contributed by atoms with Crippen LogP contribution < -0.4 is 0 Å². The lowest BCUT2D eigenvalue weighted by Gasteiger charge is -2.41. The minimum atomic E-state index is 0.790. The van der Waals surface area contributed by atoms with Gasteiger partial charge in [0.15, 0.2) is 0 Å². The molecule has 0 heterocycles. The van der Waals surface area contributed by atoms with Gasteiger partial charge >= 0.3 is 0 Å². The molecule has 0 radical (unpaired) electrons. The summed E-state index contributed by atoms with van der Waals surface area (Å²) in [4.78, 5) is 0. The van der Waals surface area contributed by atoms with Crippen molar-refractivity contribution in [3.05, 3.63) is 71.8 Å². The molecular formula is C28H36. The summed E-state index contributed by atoms with van der Waals surface area (Å²) in [5.74, 6) is 3.76. The van der Waals surface area contributed by atoms with Crippen molar-refractivity contribution < 1.29 is 0 Å². The largest absolute Gasteiger partial charge is 0.0917 e. The molecule has 4 atom stereocenters. The zero-order valence-electron chi connectivity index (χ0n) is 17.7. The van der Waals surface area contributed by atoms with E-state index in [-0.39, 0.29) is 0 Å². The van der Waals surface area contributed by atoms with Gasteiger partial charge in [0, 0.05) is 0 Å². The van der Waals surface area contributed by atoms with Crippen LogP contribution in [0.1, 0.15) is 75.8 Å². The van der Waals surface area contributed by atoms with Crippen molar-refractivity contribution in [1.29, 1.82) is 0 Å². The predicted octanol–water partition coefficient (Wildman–Crippen LogP) is 8.18. The summed E-state index contributed by atoms with van der Waals surface area (Å²) in [7, 11) is 0. The Labute approximate surface area is 172 Å². The Morgan fingerprint density at radius 2 is 1.43 bits per heavy atom. The summed E-state index contributed by atoms with van der Waals surface area (Å²) < 4.78 is 0. The van der Waals surface area contributed by atoms with Gasteiger partial charge in [0.25, 0.3) is 0 Å². The van der Waals surface area contributed by atoms with Crippen LogP contribution in [-0.2, 0) is 6.42 Å². The topological polar surface area (TPSA) is 0 Å². The number of hydrogen-bond donors (Lipinski definition) is 0. The maximum atomic E-state index is 2.45. The zero-order chi connectivity index (χ0) is 19.3. The van der Waals surface area contributed by atoms with E-state index in [9.17, 15) is 0 Å². The highest BCUT2D eigenvalue weighted by atomic mass is 14.4. The third-order valence-electron chi connectivity index (χ3n) is 7.38. The number of allylic oxidation sites excluding steroid dienone is 2. The van der Waals surface area contributed by atoms with E-state index < -0.39 is 0 Å². The molecule has 2 aliphatic carbocycles. The minimum absolute atomic E-state index is 0.790. The molecule has 2 saturated carbocycles. The van der Waals surface area contributed by atoms with Crippen LogP contribution in [0.5, 0.6) is 0 Å². The molecule has 0 nitrogen and oxygen atoms in total. The fourth-order valence-corrected chi connectivity index (χ4v) is 5.65. The van der Waals surface area contributed by atoms with Crippen LogP contribution in [0, 0.1) is 17.8 Å². The van der Waals surface area contributed by atoms with E-state index >= 15 is 0 Å². The second kappa shape index (κ2) is 9.12. The first kappa shape index (κ1) is 19.5. The molecule has 4 unspecified atom stereocenters. The Morgan fingerprint density at radius 3 is 2.14 bits per heavy atom. The average Bonchev–Trinajstić information content (AvgIpc) is 2.74. The molecule has 0 aromatic heterocycles. The van der Waals surface area contributed by atoms with Crippen molar-refractivity contribution in [1.82, 2.24) is 0 Å². The van der Waals surface area contributed by atoms with Gasteiger partial charge in [-0.25, -0.2) is 0 Å². The lowest BCUT2D eigenvalue weighted by atomic mass is 9.64. The van der Waals surface area contributed by atoms with Crippen molar-refractivity contribution in [3.8, 4) is 11.1 Å². The predicted molar refractivity (Wildman–Crippen MR) is 122 cm³/mol.